The fourth-order valence-corrected chi connectivity index (χ4v) is 3.97. The van der Waals surface area contributed by atoms with Crippen molar-refractivity contribution in [1.82, 2.24) is 19.7 Å². The van der Waals surface area contributed by atoms with E-state index in [2.05, 4.69) is 10.1 Å². The van der Waals surface area contributed by atoms with Crippen molar-refractivity contribution in [3.8, 4) is 11.4 Å². The monoisotopic (exact) mass is 502 g/mol. The fraction of sp³-hybridized carbons (Fsp3) is 0.320. The maximum atomic E-state index is 13.9. The molecule has 1 aromatic heterocycles. The molecule has 0 aliphatic carbocycles. The Labute approximate surface area is 205 Å². The third kappa shape index (κ3) is 4.66. The van der Waals surface area contributed by atoms with E-state index in [4.69, 9.17) is 9.47 Å². The summed E-state index contributed by atoms with van der Waals surface area (Å²) >= 11 is 0. The molecule has 11 heteroatoms. The number of hydrogen-bond donors (Lipinski definition) is 1. The van der Waals surface area contributed by atoms with Gasteiger partial charge in [-0.3, -0.25) is 9.69 Å². The lowest BCUT2D eigenvalue weighted by Gasteiger charge is -2.46. The van der Waals surface area contributed by atoms with E-state index in [1.165, 1.54) is 20.1 Å². The number of aryl methyl sites for hydroxylation is 1. The van der Waals surface area contributed by atoms with Gasteiger partial charge >= 0.3 is 0 Å². The van der Waals surface area contributed by atoms with E-state index in [9.17, 15) is 23.1 Å². The summed E-state index contributed by atoms with van der Waals surface area (Å²) in [5.41, 5.74) is -2.28. The van der Waals surface area contributed by atoms with Crippen LogP contribution in [0.25, 0.3) is 11.8 Å². The zero-order valence-electron chi connectivity index (χ0n) is 20.3. The van der Waals surface area contributed by atoms with Crippen molar-refractivity contribution < 1.29 is 32.5 Å². The van der Waals surface area contributed by atoms with E-state index in [1.54, 1.807) is 50.0 Å². The summed E-state index contributed by atoms with van der Waals surface area (Å²) in [6, 6.07) is 6.44. The normalized spacial score (nSPS) is 18.2. The van der Waals surface area contributed by atoms with Crippen molar-refractivity contribution in [1.29, 1.82) is 0 Å². The first-order chi connectivity index (χ1) is 16.8. The summed E-state index contributed by atoms with van der Waals surface area (Å²) in [6.45, 7) is 6.24. The molecule has 36 heavy (non-hydrogen) atoms. The van der Waals surface area contributed by atoms with E-state index in [0.29, 0.717) is 35.0 Å². The standard InChI is InChI=1S/C25H25F3N4O4/c1-14-29-13-32(30-14)19-7-6-15(8-20(19)35-5)9-21-23(33)31(12-24(2,3)36-21)25(4,34)16-10-17(26)22(28)18(27)11-16/h6-11,13,34H,12H2,1-5H3/b21-9-/t25-/m1/s1. The lowest BCUT2D eigenvalue weighted by atomic mass is 9.97. The number of hydrogen-bond acceptors (Lipinski definition) is 6. The molecule has 190 valence electrons. The molecule has 2 heterocycles. The maximum Gasteiger partial charge on any atom is 0.291 e. The minimum absolute atomic E-state index is 0.106. The number of nitrogens with zero attached hydrogens (tertiary/aromatic N) is 4. The van der Waals surface area contributed by atoms with E-state index in [0.717, 1.165) is 4.90 Å². The second-order valence-electron chi connectivity index (χ2n) is 9.20. The van der Waals surface area contributed by atoms with E-state index in [1.807, 2.05) is 0 Å². The predicted octanol–water partition coefficient (Wildman–Crippen LogP) is 3.85. The molecule has 1 atom stereocenters. The largest absolute Gasteiger partial charge is 0.494 e. The number of methoxy groups -OCH3 is 1. The van der Waals surface area contributed by atoms with Gasteiger partial charge in [-0.05, 0) is 63.6 Å². The van der Waals surface area contributed by atoms with Crippen LogP contribution < -0.4 is 4.74 Å². The van der Waals surface area contributed by atoms with Crippen LogP contribution in [-0.4, -0.2) is 49.9 Å². The van der Waals surface area contributed by atoms with Crippen molar-refractivity contribution in [2.24, 2.45) is 0 Å². The molecular weight excluding hydrogens is 477 g/mol. The van der Waals surface area contributed by atoms with Gasteiger partial charge in [-0.1, -0.05) is 6.07 Å². The van der Waals surface area contributed by atoms with Crippen molar-refractivity contribution in [2.75, 3.05) is 13.7 Å². The first-order valence-corrected chi connectivity index (χ1v) is 11.0. The van der Waals surface area contributed by atoms with Crippen LogP contribution in [-0.2, 0) is 15.3 Å². The predicted molar refractivity (Wildman–Crippen MR) is 123 cm³/mol. The molecule has 2 aromatic carbocycles. The SMILES string of the molecule is COc1cc(/C=C2\OC(C)(C)CN([C@](C)(O)c3cc(F)c(F)c(F)c3)C2=O)ccc1-n1cnc(C)n1. The van der Waals surface area contributed by atoms with E-state index < -0.39 is 34.7 Å². The van der Waals surface area contributed by atoms with Gasteiger partial charge in [-0.2, -0.15) is 5.10 Å². The quantitative estimate of drug-likeness (QED) is 0.421. The fourth-order valence-electron chi connectivity index (χ4n) is 3.97. The van der Waals surface area contributed by atoms with Gasteiger partial charge < -0.3 is 14.6 Å². The number of amides is 1. The molecule has 1 aliphatic heterocycles. The minimum atomic E-state index is -2.17. The molecule has 1 N–H and O–H groups in total. The Balaban J connectivity index is 1.72. The second kappa shape index (κ2) is 8.98. The van der Waals surface area contributed by atoms with Crippen LogP contribution in [0, 0.1) is 24.4 Å². The zero-order chi connectivity index (χ0) is 26.4. The smallest absolute Gasteiger partial charge is 0.291 e. The van der Waals surface area contributed by atoms with Crippen molar-refractivity contribution in [3.63, 3.8) is 0 Å². The van der Waals surface area contributed by atoms with Gasteiger partial charge in [-0.25, -0.2) is 22.8 Å². The number of halogens is 3. The molecule has 0 bridgehead atoms. The van der Waals surface area contributed by atoms with Crippen molar-refractivity contribution in [3.05, 3.63) is 76.8 Å². The molecule has 1 saturated heterocycles. The Morgan fingerprint density at radius 1 is 1.19 bits per heavy atom. The summed E-state index contributed by atoms with van der Waals surface area (Å²) in [4.78, 5) is 18.5. The average Bonchev–Trinajstić information content (AvgIpc) is 3.24. The first-order valence-electron chi connectivity index (χ1n) is 11.0. The number of aromatic nitrogens is 3. The van der Waals surface area contributed by atoms with Gasteiger partial charge in [0.05, 0.1) is 13.7 Å². The van der Waals surface area contributed by atoms with Crippen LogP contribution in [0.1, 0.15) is 37.7 Å². The number of benzene rings is 2. The van der Waals surface area contributed by atoms with Gasteiger partial charge in [0.2, 0.25) is 0 Å². The number of carbonyl (C=O) groups is 1. The summed E-state index contributed by atoms with van der Waals surface area (Å²) in [5, 5.41) is 15.5. The number of rotatable bonds is 5. The Morgan fingerprint density at radius 3 is 2.44 bits per heavy atom. The maximum absolute atomic E-state index is 13.9. The Morgan fingerprint density at radius 2 is 1.86 bits per heavy atom. The highest BCUT2D eigenvalue weighted by Crippen LogP contribution is 2.36. The highest BCUT2D eigenvalue weighted by molar-refractivity contribution is 5.97. The molecule has 8 nitrogen and oxygen atoms in total. The molecule has 0 radical (unpaired) electrons. The molecule has 0 saturated carbocycles. The van der Waals surface area contributed by atoms with Gasteiger partial charge in [-0.15, -0.1) is 0 Å². The van der Waals surface area contributed by atoms with Crippen LogP contribution in [0.5, 0.6) is 5.75 Å². The second-order valence-corrected chi connectivity index (χ2v) is 9.20. The molecule has 0 unspecified atom stereocenters. The van der Waals surface area contributed by atoms with Gasteiger partial charge in [0, 0.05) is 5.56 Å². The summed E-state index contributed by atoms with van der Waals surface area (Å²) in [5.74, 6) is -4.41. The van der Waals surface area contributed by atoms with Crippen LogP contribution in [0.15, 0.2) is 42.4 Å². The van der Waals surface area contributed by atoms with Crippen LogP contribution in [0.3, 0.4) is 0 Å². The first kappa shape index (κ1) is 25.2. The number of aliphatic hydroxyl groups is 1. The van der Waals surface area contributed by atoms with Crippen LogP contribution >= 0.6 is 0 Å². The molecule has 0 spiro atoms. The lowest BCUT2D eigenvalue weighted by molar-refractivity contribution is -0.183. The summed E-state index contributed by atoms with van der Waals surface area (Å²) in [6.07, 6.45) is 3.01. The number of morpholine rings is 1. The number of ether oxygens (including phenoxy) is 2. The Hall–Kier alpha value is -3.86. The molecule has 1 fully saturated rings. The third-order valence-electron chi connectivity index (χ3n) is 5.79. The molecule has 1 aliphatic rings. The van der Waals surface area contributed by atoms with Gasteiger partial charge in [0.15, 0.2) is 28.9 Å². The Kier molecular flexibility index (Phi) is 6.29. The van der Waals surface area contributed by atoms with Crippen LogP contribution in [0.2, 0.25) is 0 Å². The van der Waals surface area contributed by atoms with E-state index >= 15 is 0 Å². The summed E-state index contributed by atoms with van der Waals surface area (Å²) in [7, 11) is 1.49. The Bertz CT molecular complexity index is 1340. The summed E-state index contributed by atoms with van der Waals surface area (Å²) < 4.78 is 54.2. The molecule has 4 rings (SSSR count). The number of carbonyl (C=O) groups excluding carboxylic acids is 1. The third-order valence-corrected chi connectivity index (χ3v) is 5.79. The van der Waals surface area contributed by atoms with Crippen LogP contribution in [0.4, 0.5) is 13.2 Å². The minimum Gasteiger partial charge on any atom is -0.494 e. The lowest BCUT2D eigenvalue weighted by Crippen LogP contribution is -2.58. The molecule has 1 amide bonds. The highest BCUT2D eigenvalue weighted by Gasteiger charge is 2.45. The highest BCUT2D eigenvalue weighted by atomic mass is 19.2. The van der Waals surface area contributed by atoms with E-state index in [-0.39, 0.29) is 17.9 Å². The van der Waals surface area contributed by atoms with Gasteiger partial charge in [0.1, 0.15) is 29.2 Å². The average molecular weight is 502 g/mol. The molecule has 3 aromatic rings. The zero-order valence-corrected chi connectivity index (χ0v) is 20.3. The topological polar surface area (TPSA) is 89.7 Å². The molecular formula is C25H25F3N4O4. The van der Waals surface area contributed by atoms with Crippen molar-refractivity contribution in [2.45, 2.75) is 39.0 Å². The van der Waals surface area contributed by atoms with Gasteiger partial charge in [0.25, 0.3) is 5.91 Å². The van der Waals surface area contributed by atoms with Crippen molar-refractivity contribution >= 4 is 12.0 Å².